The van der Waals surface area contributed by atoms with Crippen LogP contribution in [0, 0.1) is 17.6 Å². The molecular weight excluding hydrogens is 518 g/mol. The van der Waals surface area contributed by atoms with Crippen molar-refractivity contribution < 1.29 is 26.7 Å². The summed E-state index contributed by atoms with van der Waals surface area (Å²) in [6.07, 6.45) is 3.12. The van der Waals surface area contributed by atoms with Crippen molar-refractivity contribution in [3.05, 3.63) is 77.1 Å². The van der Waals surface area contributed by atoms with Gasteiger partial charge in [-0.1, -0.05) is 11.6 Å². The SMILES string of the molecule is O=S(=O)(c1ccc(Cl)cc1)[C@@]12CCO[C@@H](CCSc3ccnnc3)[C@@H]1COc1c(F)ccc(F)c12. The van der Waals surface area contributed by atoms with Crippen LogP contribution in [0.25, 0.3) is 0 Å². The zero-order valence-electron chi connectivity index (χ0n) is 18.4. The molecule has 3 aromatic rings. The standard InChI is InChI=1S/C24H21ClF2N2O4S2/c25-15-1-3-17(4-2-15)35(30,31)24-9-11-32-21(8-12-34-16-7-10-28-29-13-16)18(24)14-33-23-20(27)6-5-19(26)22(23)24/h1-7,10,13,18,21H,8-9,11-12,14H2/t18-,21-,24-/m0/s1. The third-order valence-electron chi connectivity index (χ3n) is 6.57. The normalized spacial score (nSPS) is 23.7. The molecule has 0 radical (unpaired) electrons. The van der Waals surface area contributed by atoms with Crippen LogP contribution in [-0.4, -0.2) is 43.7 Å². The van der Waals surface area contributed by atoms with Gasteiger partial charge in [-0.15, -0.1) is 11.8 Å². The predicted molar refractivity (Wildman–Crippen MR) is 127 cm³/mol. The second kappa shape index (κ2) is 9.65. The number of benzene rings is 2. The number of halogens is 3. The zero-order chi connectivity index (χ0) is 24.6. The van der Waals surface area contributed by atoms with E-state index >= 15 is 4.39 Å². The van der Waals surface area contributed by atoms with Gasteiger partial charge in [-0.3, -0.25) is 0 Å². The molecule has 0 amide bonds. The molecule has 0 saturated carbocycles. The van der Waals surface area contributed by atoms with Crippen LogP contribution < -0.4 is 4.74 Å². The minimum Gasteiger partial charge on any atom is -0.490 e. The fourth-order valence-corrected chi connectivity index (χ4v) is 8.33. The van der Waals surface area contributed by atoms with Crippen molar-refractivity contribution in [1.29, 1.82) is 0 Å². The summed E-state index contributed by atoms with van der Waals surface area (Å²) in [5.74, 6) is -2.12. The molecule has 5 rings (SSSR count). The Bertz CT molecular complexity index is 1330. The van der Waals surface area contributed by atoms with E-state index in [2.05, 4.69) is 10.2 Å². The molecule has 2 aromatic carbocycles. The second-order valence-corrected chi connectivity index (χ2v) is 12.2. The highest BCUT2D eigenvalue weighted by molar-refractivity contribution is 7.99. The van der Waals surface area contributed by atoms with Gasteiger partial charge in [0.15, 0.2) is 21.4 Å². The van der Waals surface area contributed by atoms with E-state index in [1.165, 1.54) is 36.0 Å². The van der Waals surface area contributed by atoms with Crippen LogP contribution in [0.5, 0.6) is 5.75 Å². The van der Waals surface area contributed by atoms with Crippen molar-refractivity contribution in [3.63, 3.8) is 0 Å². The summed E-state index contributed by atoms with van der Waals surface area (Å²) < 4.78 is 68.6. The number of aromatic nitrogens is 2. The average Bonchev–Trinajstić information content (AvgIpc) is 2.86. The van der Waals surface area contributed by atoms with Crippen LogP contribution in [0.2, 0.25) is 5.02 Å². The van der Waals surface area contributed by atoms with Crippen molar-refractivity contribution in [2.24, 2.45) is 5.92 Å². The first-order chi connectivity index (χ1) is 16.8. The Morgan fingerprint density at radius 2 is 1.86 bits per heavy atom. The summed E-state index contributed by atoms with van der Waals surface area (Å²) in [4.78, 5) is 0.899. The number of rotatable bonds is 6. The van der Waals surface area contributed by atoms with E-state index in [1.807, 2.05) is 6.07 Å². The molecule has 1 fully saturated rings. The van der Waals surface area contributed by atoms with E-state index in [-0.39, 0.29) is 35.8 Å². The quantitative estimate of drug-likeness (QED) is 0.406. The molecule has 0 spiro atoms. The summed E-state index contributed by atoms with van der Waals surface area (Å²) in [5.41, 5.74) is -0.261. The molecule has 184 valence electrons. The molecule has 1 aromatic heterocycles. The van der Waals surface area contributed by atoms with Crippen molar-refractivity contribution >= 4 is 33.2 Å². The smallest absolute Gasteiger partial charge is 0.189 e. The minimum atomic E-state index is -4.21. The van der Waals surface area contributed by atoms with E-state index < -0.39 is 38.2 Å². The van der Waals surface area contributed by atoms with Gasteiger partial charge in [-0.2, -0.15) is 10.2 Å². The van der Waals surface area contributed by atoms with Crippen molar-refractivity contribution in [1.82, 2.24) is 10.2 Å². The molecule has 3 heterocycles. The Labute approximate surface area is 210 Å². The van der Waals surface area contributed by atoms with Gasteiger partial charge in [0.25, 0.3) is 0 Å². The molecule has 1 saturated heterocycles. The van der Waals surface area contributed by atoms with Gasteiger partial charge < -0.3 is 9.47 Å². The number of ether oxygens (including phenoxy) is 2. The van der Waals surface area contributed by atoms with E-state index in [1.54, 1.807) is 12.4 Å². The minimum absolute atomic E-state index is 0.0127. The van der Waals surface area contributed by atoms with Crippen LogP contribution in [0.1, 0.15) is 18.4 Å². The van der Waals surface area contributed by atoms with Crippen LogP contribution >= 0.6 is 23.4 Å². The molecule has 2 aliphatic rings. The Kier molecular flexibility index (Phi) is 6.73. The topological polar surface area (TPSA) is 78.4 Å². The monoisotopic (exact) mass is 538 g/mol. The summed E-state index contributed by atoms with van der Waals surface area (Å²) >= 11 is 7.51. The number of hydrogen-bond donors (Lipinski definition) is 0. The van der Waals surface area contributed by atoms with Gasteiger partial charge in [0.05, 0.1) is 35.6 Å². The Morgan fingerprint density at radius 1 is 1.09 bits per heavy atom. The maximum Gasteiger partial charge on any atom is 0.189 e. The summed E-state index contributed by atoms with van der Waals surface area (Å²) in [6, 6.07) is 9.46. The lowest BCUT2D eigenvalue weighted by molar-refractivity contribution is -0.0731. The molecule has 6 nitrogen and oxygen atoms in total. The van der Waals surface area contributed by atoms with E-state index in [0.717, 1.165) is 17.0 Å². The molecule has 0 aliphatic carbocycles. The first-order valence-electron chi connectivity index (χ1n) is 11.0. The largest absolute Gasteiger partial charge is 0.490 e. The van der Waals surface area contributed by atoms with Gasteiger partial charge in [-0.25, -0.2) is 17.2 Å². The van der Waals surface area contributed by atoms with Gasteiger partial charge in [0.2, 0.25) is 0 Å². The van der Waals surface area contributed by atoms with E-state index in [9.17, 15) is 12.8 Å². The summed E-state index contributed by atoms with van der Waals surface area (Å²) in [7, 11) is -4.21. The fourth-order valence-electron chi connectivity index (χ4n) is 4.99. The van der Waals surface area contributed by atoms with Crippen LogP contribution in [0.3, 0.4) is 0 Å². The molecule has 11 heteroatoms. The molecule has 0 unspecified atom stereocenters. The third kappa shape index (κ3) is 4.20. The van der Waals surface area contributed by atoms with Crippen LogP contribution in [0.15, 0.2) is 64.6 Å². The number of fused-ring (bicyclic) bond motifs is 3. The Morgan fingerprint density at radius 3 is 2.60 bits per heavy atom. The molecule has 0 N–H and O–H groups in total. The Hall–Kier alpha value is -2.27. The first-order valence-corrected chi connectivity index (χ1v) is 13.8. The molecular formula is C24H21ClF2N2O4S2. The lowest BCUT2D eigenvalue weighted by Gasteiger charge is -2.50. The third-order valence-corrected chi connectivity index (χ3v) is 10.4. The van der Waals surface area contributed by atoms with E-state index in [0.29, 0.717) is 17.2 Å². The number of nitrogens with zero attached hydrogens (tertiary/aromatic N) is 2. The van der Waals surface area contributed by atoms with Crippen molar-refractivity contribution in [2.75, 3.05) is 19.0 Å². The second-order valence-electron chi connectivity index (χ2n) is 8.37. The zero-order valence-corrected chi connectivity index (χ0v) is 20.8. The molecule has 3 atom stereocenters. The Balaban J connectivity index is 1.58. The van der Waals surface area contributed by atoms with Crippen LogP contribution in [0.4, 0.5) is 8.78 Å². The fraction of sp³-hybridized carbons (Fsp3) is 0.333. The van der Waals surface area contributed by atoms with E-state index in [4.69, 9.17) is 21.1 Å². The van der Waals surface area contributed by atoms with Crippen molar-refractivity contribution in [2.45, 2.75) is 33.5 Å². The van der Waals surface area contributed by atoms with Crippen molar-refractivity contribution in [3.8, 4) is 5.75 Å². The maximum atomic E-state index is 15.4. The van der Waals surface area contributed by atoms with Gasteiger partial charge in [-0.05, 0) is 55.3 Å². The lowest BCUT2D eigenvalue weighted by Crippen LogP contribution is -2.57. The number of sulfone groups is 1. The molecule has 2 aliphatic heterocycles. The average molecular weight is 539 g/mol. The highest BCUT2D eigenvalue weighted by atomic mass is 35.5. The maximum absolute atomic E-state index is 15.4. The number of thioether (sulfide) groups is 1. The predicted octanol–water partition coefficient (Wildman–Crippen LogP) is 5.06. The highest BCUT2D eigenvalue weighted by Crippen LogP contribution is 2.56. The number of hydrogen-bond acceptors (Lipinski definition) is 7. The van der Waals surface area contributed by atoms with Gasteiger partial charge >= 0.3 is 0 Å². The van der Waals surface area contributed by atoms with Gasteiger partial charge in [0.1, 0.15) is 10.6 Å². The lowest BCUT2D eigenvalue weighted by atomic mass is 9.75. The van der Waals surface area contributed by atoms with Crippen LogP contribution in [-0.2, 0) is 19.3 Å². The summed E-state index contributed by atoms with van der Waals surface area (Å²) in [6.45, 7) is -0.0444. The summed E-state index contributed by atoms with van der Waals surface area (Å²) in [5, 5.41) is 7.98. The molecule has 35 heavy (non-hydrogen) atoms. The van der Waals surface area contributed by atoms with Gasteiger partial charge in [0, 0.05) is 28.2 Å². The first kappa shape index (κ1) is 24.4. The molecule has 0 bridgehead atoms. The highest BCUT2D eigenvalue weighted by Gasteiger charge is 2.61.